The van der Waals surface area contributed by atoms with Crippen LogP contribution in [0, 0.1) is 0 Å². The van der Waals surface area contributed by atoms with Crippen LogP contribution in [-0.2, 0) is 21.1 Å². The molecule has 2 atom stereocenters. The highest BCUT2D eigenvalue weighted by Crippen LogP contribution is 2.39. The van der Waals surface area contributed by atoms with E-state index in [1.807, 2.05) is 0 Å². The SMILES string of the molecule is CN(C(=O)CN1CCc2sccc2C1c1cccs1)C1CCS(=O)(=O)C1. The maximum atomic E-state index is 12.9. The number of amides is 1. The zero-order valence-electron chi connectivity index (χ0n) is 14.6. The first kappa shape index (κ1) is 18.2. The molecule has 2 aromatic heterocycles. The molecule has 1 fully saturated rings. The zero-order chi connectivity index (χ0) is 18.3. The number of hydrogen-bond acceptors (Lipinski definition) is 6. The van der Waals surface area contributed by atoms with Crippen molar-refractivity contribution in [1.82, 2.24) is 9.80 Å². The van der Waals surface area contributed by atoms with Crippen molar-refractivity contribution in [1.29, 1.82) is 0 Å². The lowest BCUT2D eigenvalue weighted by Gasteiger charge is -2.36. The van der Waals surface area contributed by atoms with Crippen LogP contribution in [0.15, 0.2) is 29.0 Å². The Labute approximate surface area is 162 Å². The Morgan fingerprint density at radius 3 is 2.85 bits per heavy atom. The summed E-state index contributed by atoms with van der Waals surface area (Å²) in [5.74, 6) is 0.292. The van der Waals surface area contributed by atoms with Crippen LogP contribution in [-0.4, -0.2) is 61.8 Å². The lowest BCUT2D eigenvalue weighted by Crippen LogP contribution is -2.46. The second-order valence-electron chi connectivity index (χ2n) is 7.00. The molecule has 2 unspecified atom stereocenters. The number of rotatable bonds is 4. The van der Waals surface area contributed by atoms with Crippen LogP contribution in [0.5, 0.6) is 0 Å². The van der Waals surface area contributed by atoms with E-state index in [9.17, 15) is 13.2 Å². The molecule has 0 spiro atoms. The van der Waals surface area contributed by atoms with E-state index in [1.165, 1.54) is 15.3 Å². The first-order valence-electron chi connectivity index (χ1n) is 8.74. The van der Waals surface area contributed by atoms with Crippen molar-refractivity contribution in [2.75, 3.05) is 31.6 Å². The molecule has 0 bridgehead atoms. The lowest BCUT2D eigenvalue weighted by atomic mass is 9.98. The van der Waals surface area contributed by atoms with Gasteiger partial charge in [-0.3, -0.25) is 9.69 Å². The van der Waals surface area contributed by atoms with Gasteiger partial charge in [-0.15, -0.1) is 22.7 Å². The van der Waals surface area contributed by atoms with Gasteiger partial charge in [0.1, 0.15) is 0 Å². The molecule has 26 heavy (non-hydrogen) atoms. The fraction of sp³-hybridized carbons (Fsp3) is 0.500. The van der Waals surface area contributed by atoms with Crippen LogP contribution in [0.1, 0.15) is 27.8 Å². The van der Waals surface area contributed by atoms with Crippen LogP contribution in [0.3, 0.4) is 0 Å². The molecule has 1 amide bonds. The first-order valence-corrected chi connectivity index (χ1v) is 12.3. The third-order valence-electron chi connectivity index (χ3n) is 5.37. The fourth-order valence-corrected chi connectivity index (χ4v) is 7.44. The van der Waals surface area contributed by atoms with Crippen LogP contribution < -0.4 is 0 Å². The van der Waals surface area contributed by atoms with Crippen molar-refractivity contribution < 1.29 is 13.2 Å². The summed E-state index contributed by atoms with van der Waals surface area (Å²) < 4.78 is 23.5. The molecule has 0 aromatic carbocycles. The van der Waals surface area contributed by atoms with Gasteiger partial charge in [-0.2, -0.15) is 0 Å². The van der Waals surface area contributed by atoms with Gasteiger partial charge in [0.05, 0.1) is 24.1 Å². The Balaban J connectivity index is 1.52. The first-order chi connectivity index (χ1) is 12.4. The molecule has 0 N–H and O–H groups in total. The number of carbonyl (C=O) groups is 1. The van der Waals surface area contributed by atoms with E-state index in [-0.39, 0.29) is 29.5 Å². The Morgan fingerprint density at radius 1 is 1.31 bits per heavy atom. The molecule has 4 heterocycles. The van der Waals surface area contributed by atoms with Crippen LogP contribution in [0.2, 0.25) is 0 Å². The van der Waals surface area contributed by atoms with Gasteiger partial charge < -0.3 is 4.90 Å². The molecule has 5 nitrogen and oxygen atoms in total. The number of hydrogen-bond donors (Lipinski definition) is 0. The van der Waals surface area contributed by atoms with Gasteiger partial charge in [-0.05, 0) is 41.3 Å². The van der Waals surface area contributed by atoms with E-state index in [4.69, 9.17) is 0 Å². The van der Waals surface area contributed by atoms with Crippen LogP contribution in [0.25, 0.3) is 0 Å². The molecule has 2 aromatic rings. The topological polar surface area (TPSA) is 57.7 Å². The normalized spacial score (nSPS) is 25.1. The minimum Gasteiger partial charge on any atom is -0.341 e. The third-order valence-corrected chi connectivity index (χ3v) is 9.04. The van der Waals surface area contributed by atoms with Crippen molar-refractivity contribution in [3.05, 3.63) is 44.3 Å². The van der Waals surface area contributed by atoms with Gasteiger partial charge in [0, 0.05) is 29.4 Å². The molecule has 1 saturated heterocycles. The molecule has 0 aliphatic carbocycles. The highest BCUT2D eigenvalue weighted by atomic mass is 32.2. The largest absolute Gasteiger partial charge is 0.341 e. The summed E-state index contributed by atoms with van der Waals surface area (Å²) in [4.78, 5) is 19.4. The summed E-state index contributed by atoms with van der Waals surface area (Å²) in [6.07, 6.45) is 1.51. The fourth-order valence-electron chi connectivity index (χ4n) is 3.89. The van der Waals surface area contributed by atoms with E-state index < -0.39 is 9.84 Å². The van der Waals surface area contributed by atoms with Crippen LogP contribution in [0.4, 0.5) is 0 Å². The van der Waals surface area contributed by atoms with Gasteiger partial charge >= 0.3 is 0 Å². The van der Waals surface area contributed by atoms with E-state index in [0.29, 0.717) is 13.0 Å². The second-order valence-corrected chi connectivity index (χ2v) is 11.2. The van der Waals surface area contributed by atoms with Crippen LogP contribution >= 0.6 is 22.7 Å². The molecule has 2 aliphatic heterocycles. The maximum Gasteiger partial charge on any atom is 0.236 e. The highest BCUT2D eigenvalue weighted by Gasteiger charge is 2.35. The summed E-state index contributed by atoms with van der Waals surface area (Å²) >= 11 is 3.51. The number of carbonyl (C=O) groups excluding carboxylic acids is 1. The Kier molecular flexibility index (Phi) is 4.94. The predicted molar refractivity (Wildman–Crippen MR) is 106 cm³/mol. The summed E-state index contributed by atoms with van der Waals surface area (Å²) in [5.41, 5.74) is 1.31. The minimum atomic E-state index is -2.99. The molecule has 0 radical (unpaired) electrons. The van der Waals surface area contributed by atoms with Gasteiger partial charge in [0.15, 0.2) is 9.84 Å². The number of sulfone groups is 1. The van der Waals surface area contributed by atoms with Gasteiger partial charge in [-0.1, -0.05) is 6.07 Å². The number of nitrogens with zero attached hydrogens (tertiary/aromatic N) is 2. The Morgan fingerprint density at radius 2 is 2.15 bits per heavy atom. The Hall–Kier alpha value is -1.22. The standard InChI is InChI=1S/C18H22N2O3S3/c1-19(13-6-10-26(22,23)12-13)17(21)11-20-7-4-15-14(5-9-25-15)18(20)16-3-2-8-24-16/h2-3,5,8-9,13,18H,4,6-7,10-12H2,1H3. The summed E-state index contributed by atoms with van der Waals surface area (Å²) in [6.45, 7) is 1.17. The molecular weight excluding hydrogens is 388 g/mol. The van der Waals surface area contributed by atoms with Crippen molar-refractivity contribution in [3.63, 3.8) is 0 Å². The molecule has 4 rings (SSSR count). The average molecular weight is 411 g/mol. The summed E-state index contributed by atoms with van der Waals surface area (Å²) in [7, 11) is -1.25. The quantitative estimate of drug-likeness (QED) is 0.777. The molecular formula is C18H22N2O3S3. The van der Waals surface area contributed by atoms with Gasteiger partial charge in [0.25, 0.3) is 0 Å². The average Bonchev–Trinajstić information content (AvgIpc) is 3.33. The summed E-state index contributed by atoms with van der Waals surface area (Å²) in [6, 6.07) is 6.29. The van der Waals surface area contributed by atoms with Crippen molar-refractivity contribution in [2.45, 2.75) is 24.9 Å². The van der Waals surface area contributed by atoms with Crippen molar-refractivity contribution in [3.8, 4) is 0 Å². The van der Waals surface area contributed by atoms with Gasteiger partial charge in [0.2, 0.25) is 5.91 Å². The summed E-state index contributed by atoms with van der Waals surface area (Å²) in [5, 5.41) is 4.21. The molecule has 2 aliphatic rings. The van der Waals surface area contributed by atoms with E-state index in [0.717, 1.165) is 13.0 Å². The second kappa shape index (κ2) is 7.07. The monoisotopic (exact) mass is 410 g/mol. The molecule has 8 heteroatoms. The van der Waals surface area contributed by atoms with E-state index >= 15 is 0 Å². The van der Waals surface area contributed by atoms with E-state index in [1.54, 1.807) is 34.6 Å². The van der Waals surface area contributed by atoms with Gasteiger partial charge in [-0.25, -0.2) is 8.42 Å². The molecule has 0 saturated carbocycles. The number of thiophene rings is 2. The van der Waals surface area contributed by atoms with Crippen molar-refractivity contribution in [2.24, 2.45) is 0 Å². The Bertz CT molecular complexity index is 889. The number of likely N-dealkylation sites (N-methyl/N-ethyl adjacent to an activating group) is 1. The number of fused-ring (bicyclic) bond motifs is 1. The predicted octanol–water partition coefficient (Wildman–Crippen LogP) is 2.40. The third kappa shape index (κ3) is 3.47. The lowest BCUT2D eigenvalue weighted by molar-refractivity contribution is -0.133. The van der Waals surface area contributed by atoms with Crippen molar-refractivity contribution >= 4 is 38.4 Å². The molecule has 140 valence electrons. The van der Waals surface area contributed by atoms with E-state index in [2.05, 4.69) is 33.9 Å². The minimum absolute atomic E-state index is 0.00679. The maximum absolute atomic E-state index is 12.9. The smallest absolute Gasteiger partial charge is 0.236 e. The highest BCUT2D eigenvalue weighted by molar-refractivity contribution is 7.91. The zero-order valence-corrected chi connectivity index (χ0v) is 17.1.